The number of hydrogen-bond donors (Lipinski definition) is 1. The van der Waals surface area contributed by atoms with Gasteiger partial charge in [-0.1, -0.05) is 37.3 Å². The molecule has 19 heavy (non-hydrogen) atoms. The molecular formula is C17H19NO. The van der Waals surface area contributed by atoms with E-state index in [9.17, 15) is 0 Å². The number of nitrogens with one attached hydrogen (secondary N) is 1. The number of hydrogen-bond acceptors (Lipinski definition) is 2. The van der Waals surface area contributed by atoms with E-state index in [1.165, 1.54) is 16.8 Å². The van der Waals surface area contributed by atoms with E-state index in [1.807, 2.05) is 0 Å². The zero-order chi connectivity index (χ0) is 13.1. The van der Waals surface area contributed by atoms with Crippen molar-refractivity contribution in [1.29, 1.82) is 0 Å². The summed E-state index contributed by atoms with van der Waals surface area (Å²) in [5, 5.41) is 3.52. The Hall–Kier alpha value is -1.96. The monoisotopic (exact) mass is 253 g/mol. The first-order valence-corrected chi connectivity index (χ1v) is 6.87. The predicted octanol–water partition coefficient (Wildman–Crippen LogP) is 3.84. The number of benzene rings is 2. The lowest BCUT2D eigenvalue weighted by Gasteiger charge is -2.14. The Bertz CT molecular complexity index is 550. The Morgan fingerprint density at radius 2 is 2.00 bits per heavy atom. The van der Waals surface area contributed by atoms with Crippen LogP contribution in [0, 0.1) is 0 Å². The molecule has 0 saturated carbocycles. The highest BCUT2D eigenvalue weighted by molar-refractivity contribution is 5.52. The molecular weight excluding hydrogens is 234 g/mol. The van der Waals surface area contributed by atoms with Gasteiger partial charge in [0.15, 0.2) is 0 Å². The van der Waals surface area contributed by atoms with Crippen LogP contribution in [-0.2, 0) is 6.42 Å². The van der Waals surface area contributed by atoms with E-state index in [0.717, 1.165) is 25.3 Å². The minimum atomic E-state index is 0.505. The topological polar surface area (TPSA) is 21.3 Å². The molecule has 1 aliphatic rings. The number of fused-ring (bicyclic) bond motifs is 1. The summed E-state index contributed by atoms with van der Waals surface area (Å²) < 4.78 is 5.52. The molecule has 98 valence electrons. The summed E-state index contributed by atoms with van der Waals surface area (Å²) in [7, 11) is 0. The van der Waals surface area contributed by atoms with Crippen LogP contribution in [0.1, 0.15) is 24.0 Å². The summed E-state index contributed by atoms with van der Waals surface area (Å²) in [6, 6.07) is 17.0. The van der Waals surface area contributed by atoms with Crippen molar-refractivity contribution < 1.29 is 4.74 Å². The van der Waals surface area contributed by atoms with E-state index < -0.39 is 0 Å². The summed E-state index contributed by atoms with van der Waals surface area (Å²) in [5.74, 6) is 1.55. The zero-order valence-electron chi connectivity index (χ0n) is 11.2. The van der Waals surface area contributed by atoms with E-state index in [-0.39, 0.29) is 0 Å². The lowest BCUT2D eigenvalue weighted by atomic mass is 10.0. The molecule has 0 fully saturated rings. The second-order valence-electron chi connectivity index (χ2n) is 5.11. The first-order valence-electron chi connectivity index (χ1n) is 6.87. The van der Waals surface area contributed by atoms with Gasteiger partial charge in [0.2, 0.25) is 0 Å². The average Bonchev–Trinajstić information content (AvgIpc) is 2.93. The third kappa shape index (κ3) is 2.73. The number of anilines is 1. The van der Waals surface area contributed by atoms with E-state index >= 15 is 0 Å². The molecule has 1 N–H and O–H groups in total. The highest BCUT2D eigenvalue weighted by atomic mass is 16.5. The minimum Gasteiger partial charge on any atom is -0.493 e. The molecule has 1 aliphatic heterocycles. The van der Waals surface area contributed by atoms with Crippen LogP contribution >= 0.6 is 0 Å². The Kier molecular flexibility index (Phi) is 3.41. The highest BCUT2D eigenvalue weighted by Gasteiger charge is 2.12. The molecule has 3 rings (SSSR count). The van der Waals surface area contributed by atoms with Crippen molar-refractivity contribution in [3.05, 3.63) is 59.7 Å². The lowest BCUT2D eigenvalue weighted by molar-refractivity contribution is 0.357. The Labute approximate surface area is 114 Å². The molecule has 0 aromatic heterocycles. The highest BCUT2D eigenvalue weighted by Crippen LogP contribution is 2.28. The Balaban J connectivity index is 1.63. The summed E-state index contributed by atoms with van der Waals surface area (Å²) in [6.07, 6.45) is 1.03. The van der Waals surface area contributed by atoms with Crippen molar-refractivity contribution in [2.75, 3.05) is 18.5 Å². The van der Waals surface area contributed by atoms with Gasteiger partial charge >= 0.3 is 0 Å². The van der Waals surface area contributed by atoms with Crippen LogP contribution in [0.15, 0.2) is 48.5 Å². The molecule has 1 unspecified atom stereocenters. The lowest BCUT2D eigenvalue weighted by Crippen LogP contribution is -2.09. The molecule has 2 aromatic rings. The standard InChI is InChI=1S/C17H19NO/c1-13(14-5-3-2-4-6-14)12-18-16-7-8-17-15(11-16)9-10-19-17/h2-8,11,13,18H,9-10,12H2,1H3. The van der Waals surface area contributed by atoms with Gasteiger partial charge in [0.25, 0.3) is 0 Å². The van der Waals surface area contributed by atoms with Crippen LogP contribution < -0.4 is 10.1 Å². The van der Waals surface area contributed by atoms with Gasteiger partial charge in [0.1, 0.15) is 5.75 Å². The summed E-state index contributed by atoms with van der Waals surface area (Å²) in [6.45, 7) is 4.02. The maximum Gasteiger partial charge on any atom is 0.122 e. The molecule has 1 atom stereocenters. The Morgan fingerprint density at radius 3 is 2.84 bits per heavy atom. The molecule has 0 saturated heterocycles. The summed E-state index contributed by atoms with van der Waals surface area (Å²) in [5.41, 5.74) is 3.88. The Morgan fingerprint density at radius 1 is 1.16 bits per heavy atom. The fourth-order valence-electron chi connectivity index (χ4n) is 2.47. The van der Waals surface area contributed by atoms with E-state index in [2.05, 4.69) is 60.8 Å². The van der Waals surface area contributed by atoms with Crippen molar-refractivity contribution in [2.45, 2.75) is 19.3 Å². The minimum absolute atomic E-state index is 0.505. The van der Waals surface area contributed by atoms with Gasteiger partial charge in [-0.25, -0.2) is 0 Å². The smallest absolute Gasteiger partial charge is 0.122 e. The molecule has 0 aliphatic carbocycles. The second-order valence-corrected chi connectivity index (χ2v) is 5.11. The van der Waals surface area contributed by atoms with Crippen LogP contribution in [0.3, 0.4) is 0 Å². The van der Waals surface area contributed by atoms with Crippen molar-refractivity contribution >= 4 is 5.69 Å². The van der Waals surface area contributed by atoms with Gasteiger partial charge < -0.3 is 10.1 Å². The van der Waals surface area contributed by atoms with Crippen LogP contribution in [0.4, 0.5) is 5.69 Å². The van der Waals surface area contributed by atoms with E-state index in [1.54, 1.807) is 0 Å². The van der Waals surface area contributed by atoms with Gasteiger partial charge in [-0.2, -0.15) is 0 Å². The van der Waals surface area contributed by atoms with E-state index in [4.69, 9.17) is 4.74 Å². The molecule has 0 spiro atoms. The van der Waals surface area contributed by atoms with Crippen LogP contribution in [-0.4, -0.2) is 13.2 Å². The van der Waals surface area contributed by atoms with Crippen molar-refractivity contribution in [1.82, 2.24) is 0 Å². The molecule has 0 bridgehead atoms. The number of ether oxygens (including phenoxy) is 1. The maximum absolute atomic E-state index is 5.52. The molecule has 0 radical (unpaired) electrons. The van der Waals surface area contributed by atoms with Gasteiger partial charge in [-0.05, 0) is 35.2 Å². The van der Waals surface area contributed by atoms with Crippen molar-refractivity contribution in [2.24, 2.45) is 0 Å². The quantitative estimate of drug-likeness (QED) is 0.894. The second kappa shape index (κ2) is 5.35. The molecule has 2 nitrogen and oxygen atoms in total. The van der Waals surface area contributed by atoms with Gasteiger partial charge in [0.05, 0.1) is 6.61 Å². The van der Waals surface area contributed by atoms with Gasteiger partial charge in [-0.3, -0.25) is 0 Å². The molecule has 2 heteroatoms. The van der Waals surface area contributed by atoms with Gasteiger partial charge in [-0.15, -0.1) is 0 Å². The third-order valence-corrected chi connectivity index (χ3v) is 3.67. The third-order valence-electron chi connectivity index (χ3n) is 3.67. The van der Waals surface area contributed by atoms with Crippen LogP contribution in [0.25, 0.3) is 0 Å². The first-order chi connectivity index (χ1) is 9.33. The van der Waals surface area contributed by atoms with Crippen molar-refractivity contribution in [3.63, 3.8) is 0 Å². The SMILES string of the molecule is CC(CNc1ccc2c(c1)CCO2)c1ccccc1. The first kappa shape index (κ1) is 12.1. The molecule has 1 heterocycles. The van der Waals surface area contributed by atoms with Crippen LogP contribution in [0.5, 0.6) is 5.75 Å². The fraction of sp³-hybridized carbons (Fsp3) is 0.294. The summed E-state index contributed by atoms with van der Waals surface area (Å²) in [4.78, 5) is 0. The van der Waals surface area contributed by atoms with Crippen LogP contribution in [0.2, 0.25) is 0 Å². The van der Waals surface area contributed by atoms with Gasteiger partial charge in [0, 0.05) is 18.7 Å². The predicted molar refractivity (Wildman–Crippen MR) is 79.0 cm³/mol. The largest absolute Gasteiger partial charge is 0.493 e. The summed E-state index contributed by atoms with van der Waals surface area (Å²) >= 11 is 0. The average molecular weight is 253 g/mol. The molecule has 2 aromatic carbocycles. The normalized spacial score (nSPS) is 14.6. The number of rotatable bonds is 4. The van der Waals surface area contributed by atoms with E-state index in [0.29, 0.717) is 5.92 Å². The maximum atomic E-state index is 5.52. The van der Waals surface area contributed by atoms with Crippen molar-refractivity contribution in [3.8, 4) is 5.75 Å². The fourth-order valence-corrected chi connectivity index (χ4v) is 2.47. The zero-order valence-corrected chi connectivity index (χ0v) is 11.2. The molecule has 0 amide bonds.